The number of pyridine rings is 1. The summed E-state index contributed by atoms with van der Waals surface area (Å²) >= 11 is 0. The molecule has 1 amide bonds. The van der Waals surface area contributed by atoms with Gasteiger partial charge in [0.25, 0.3) is 5.91 Å². The lowest BCUT2D eigenvalue weighted by molar-refractivity contribution is 0.0591. The molecule has 2 aliphatic rings. The molecule has 164 valence electrons. The van der Waals surface area contributed by atoms with Gasteiger partial charge >= 0.3 is 0 Å². The molecule has 0 saturated carbocycles. The Kier molecular flexibility index (Phi) is 5.24. The second kappa shape index (κ2) is 7.75. The van der Waals surface area contributed by atoms with Gasteiger partial charge in [-0.2, -0.15) is 0 Å². The van der Waals surface area contributed by atoms with Crippen LogP contribution in [0.5, 0.6) is 5.75 Å². The number of nitrogens with zero attached hydrogens (tertiary/aromatic N) is 3. The van der Waals surface area contributed by atoms with Gasteiger partial charge < -0.3 is 10.0 Å². The van der Waals surface area contributed by atoms with Gasteiger partial charge in [0.1, 0.15) is 6.17 Å². The SMILES string of the molecule is CN1C(=O)c2c(O)c(=O)c(C(=O)CCc3ccc(F)c(F)c3F)cn2N2CCCC[C@@H]12. The third-order valence-electron chi connectivity index (χ3n) is 5.89. The topological polar surface area (TPSA) is 82.9 Å². The van der Waals surface area contributed by atoms with Crippen LogP contribution in [0.3, 0.4) is 0 Å². The molecule has 0 spiro atoms. The molecule has 4 rings (SSSR count). The minimum Gasteiger partial charge on any atom is -0.502 e. The zero-order chi connectivity index (χ0) is 22.4. The first-order valence-electron chi connectivity index (χ1n) is 9.90. The van der Waals surface area contributed by atoms with Crippen molar-refractivity contribution < 1.29 is 27.9 Å². The first-order valence-corrected chi connectivity index (χ1v) is 9.90. The summed E-state index contributed by atoms with van der Waals surface area (Å²) in [4.78, 5) is 39.5. The normalized spacial score (nSPS) is 18.1. The van der Waals surface area contributed by atoms with Crippen LogP contribution in [0.4, 0.5) is 13.2 Å². The second-order valence-electron chi connectivity index (χ2n) is 7.73. The average Bonchev–Trinajstić information content (AvgIpc) is 2.77. The number of fused-ring (bicyclic) bond motifs is 3. The standard InChI is InChI=1S/C21H20F3N3O4/c1-25-15-4-2-3-9-26(15)27-10-12(19(29)20(30)18(27)21(25)31)14(28)8-6-11-5-7-13(22)17(24)16(11)23/h5,7,10,15,30H,2-4,6,8-9H2,1H3/t15-/m0/s1. The van der Waals surface area contributed by atoms with Gasteiger partial charge in [-0.1, -0.05) is 6.07 Å². The van der Waals surface area contributed by atoms with Crippen LogP contribution in [0.25, 0.3) is 0 Å². The fraction of sp³-hybridized carbons (Fsp3) is 0.381. The molecule has 0 aliphatic carbocycles. The highest BCUT2D eigenvalue weighted by atomic mass is 19.2. The smallest absolute Gasteiger partial charge is 0.277 e. The van der Waals surface area contributed by atoms with Gasteiger partial charge in [0.2, 0.25) is 5.43 Å². The van der Waals surface area contributed by atoms with Gasteiger partial charge in [-0.25, -0.2) is 13.2 Å². The molecule has 1 fully saturated rings. The summed E-state index contributed by atoms with van der Waals surface area (Å²) in [7, 11) is 1.59. The lowest BCUT2D eigenvalue weighted by atomic mass is 10.0. The number of aromatic nitrogens is 1. The number of piperidine rings is 1. The number of halogens is 3. The molecule has 1 N–H and O–H groups in total. The van der Waals surface area contributed by atoms with Crippen LogP contribution in [0.15, 0.2) is 23.1 Å². The molecule has 10 heteroatoms. The summed E-state index contributed by atoms with van der Waals surface area (Å²) in [5.74, 6) is -6.42. The summed E-state index contributed by atoms with van der Waals surface area (Å²) in [6.07, 6.45) is 2.77. The van der Waals surface area contributed by atoms with Crippen LogP contribution in [0.2, 0.25) is 0 Å². The fourth-order valence-electron chi connectivity index (χ4n) is 4.18. The van der Waals surface area contributed by atoms with Crippen molar-refractivity contribution in [2.45, 2.75) is 38.3 Å². The number of carbonyl (C=O) groups is 2. The lowest BCUT2D eigenvalue weighted by Gasteiger charge is -2.47. The molecule has 2 aliphatic heterocycles. The van der Waals surface area contributed by atoms with Crippen LogP contribution >= 0.6 is 0 Å². The Bertz CT molecular complexity index is 1150. The molecule has 2 aromatic rings. The maximum Gasteiger partial charge on any atom is 0.277 e. The molecule has 7 nitrogen and oxygen atoms in total. The quantitative estimate of drug-likeness (QED) is 0.589. The van der Waals surface area contributed by atoms with E-state index in [-0.39, 0.29) is 35.8 Å². The van der Waals surface area contributed by atoms with E-state index in [2.05, 4.69) is 0 Å². The molecule has 3 heterocycles. The van der Waals surface area contributed by atoms with E-state index < -0.39 is 40.3 Å². The Balaban J connectivity index is 1.68. The van der Waals surface area contributed by atoms with Gasteiger partial charge in [0, 0.05) is 26.2 Å². The Morgan fingerprint density at radius 3 is 2.65 bits per heavy atom. The van der Waals surface area contributed by atoms with E-state index in [4.69, 9.17) is 0 Å². The van der Waals surface area contributed by atoms with Crippen LogP contribution in [0.1, 0.15) is 52.1 Å². The first-order chi connectivity index (χ1) is 14.7. The van der Waals surface area contributed by atoms with Crippen molar-refractivity contribution in [2.24, 2.45) is 0 Å². The minimum absolute atomic E-state index is 0.206. The van der Waals surface area contributed by atoms with Gasteiger partial charge in [-0.15, -0.1) is 0 Å². The fourth-order valence-corrected chi connectivity index (χ4v) is 4.18. The summed E-state index contributed by atoms with van der Waals surface area (Å²) in [5.41, 5.74) is -1.78. The van der Waals surface area contributed by atoms with Gasteiger partial charge in [0.05, 0.1) is 5.56 Å². The number of amides is 1. The molecular formula is C21H20F3N3O4. The highest BCUT2D eigenvalue weighted by molar-refractivity contribution is 6.00. The predicted octanol–water partition coefficient (Wildman–Crippen LogP) is 2.32. The van der Waals surface area contributed by atoms with Gasteiger partial charge in [-0.05, 0) is 37.3 Å². The Morgan fingerprint density at radius 1 is 1.16 bits per heavy atom. The molecule has 0 unspecified atom stereocenters. The molecule has 1 aromatic heterocycles. The van der Waals surface area contributed by atoms with E-state index in [9.17, 15) is 32.7 Å². The molecule has 1 aromatic carbocycles. The largest absolute Gasteiger partial charge is 0.502 e. The summed E-state index contributed by atoms with van der Waals surface area (Å²) in [6.45, 7) is 0.561. The third-order valence-corrected chi connectivity index (χ3v) is 5.89. The first kappa shape index (κ1) is 21.0. The predicted molar refractivity (Wildman–Crippen MR) is 104 cm³/mol. The number of rotatable bonds is 4. The Labute approximate surface area is 175 Å². The molecular weight excluding hydrogens is 415 g/mol. The molecule has 31 heavy (non-hydrogen) atoms. The number of aromatic hydroxyl groups is 1. The number of hydrogen-bond donors (Lipinski definition) is 1. The monoisotopic (exact) mass is 435 g/mol. The zero-order valence-corrected chi connectivity index (χ0v) is 16.7. The van der Waals surface area contributed by atoms with Crippen molar-refractivity contribution in [1.29, 1.82) is 0 Å². The van der Waals surface area contributed by atoms with E-state index in [1.807, 2.05) is 5.01 Å². The van der Waals surface area contributed by atoms with Crippen molar-refractivity contribution in [1.82, 2.24) is 9.58 Å². The highest BCUT2D eigenvalue weighted by Crippen LogP contribution is 2.29. The maximum absolute atomic E-state index is 13.9. The maximum atomic E-state index is 13.9. The van der Waals surface area contributed by atoms with Crippen molar-refractivity contribution in [2.75, 3.05) is 18.6 Å². The van der Waals surface area contributed by atoms with E-state index in [0.717, 1.165) is 25.0 Å². The number of Topliss-reactive ketones (excluding diaryl/α,β-unsaturated/α-hetero) is 1. The third kappa shape index (κ3) is 3.35. The van der Waals surface area contributed by atoms with E-state index in [1.54, 1.807) is 7.05 Å². The number of hydrogen-bond acceptors (Lipinski definition) is 5. The number of carbonyl (C=O) groups excluding carboxylic acids is 2. The van der Waals surface area contributed by atoms with E-state index in [1.165, 1.54) is 15.8 Å². The average molecular weight is 435 g/mol. The van der Waals surface area contributed by atoms with Crippen molar-refractivity contribution >= 4 is 11.7 Å². The number of ketones is 1. The van der Waals surface area contributed by atoms with Gasteiger partial charge in [0.15, 0.2) is 34.7 Å². The van der Waals surface area contributed by atoms with E-state index >= 15 is 0 Å². The Morgan fingerprint density at radius 2 is 1.90 bits per heavy atom. The van der Waals surface area contributed by atoms with Gasteiger partial charge in [-0.3, -0.25) is 24.1 Å². The molecule has 1 atom stereocenters. The van der Waals surface area contributed by atoms with Crippen LogP contribution < -0.4 is 10.4 Å². The van der Waals surface area contributed by atoms with Crippen LogP contribution in [0, 0.1) is 17.5 Å². The van der Waals surface area contributed by atoms with Crippen molar-refractivity contribution in [3.63, 3.8) is 0 Å². The Hall–Kier alpha value is -3.30. The van der Waals surface area contributed by atoms with Crippen LogP contribution in [-0.2, 0) is 6.42 Å². The number of aryl methyl sites for hydroxylation is 1. The van der Waals surface area contributed by atoms with Crippen molar-refractivity contribution in [3.05, 3.63) is 62.8 Å². The molecule has 1 saturated heterocycles. The molecule has 0 radical (unpaired) electrons. The van der Waals surface area contributed by atoms with E-state index in [0.29, 0.717) is 13.0 Å². The summed E-state index contributed by atoms with van der Waals surface area (Å²) in [6, 6.07) is 1.79. The second-order valence-corrected chi connectivity index (χ2v) is 7.73. The summed E-state index contributed by atoms with van der Waals surface area (Å²) < 4.78 is 41.7. The van der Waals surface area contributed by atoms with Crippen molar-refractivity contribution in [3.8, 4) is 5.75 Å². The lowest BCUT2D eigenvalue weighted by Crippen LogP contribution is -2.61. The summed E-state index contributed by atoms with van der Waals surface area (Å²) in [5, 5.41) is 12.2. The number of benzene rings is 1. The zero-order valence-electron chi connectivity index (χ0n) is 16.7. The van der Waals surface area contributed by atoms with Crippen LogP contribution in [-0.4, -0.2) is 46.1 Å². The molecule has 0 bridgehead atoms. The minimum atomic E-state index is -1.63. The highest BCUT2D eigenvalue weighted by Gasteiger charge is 2.39.